The van der Waals surface area contributed by atoms with Gasteiger partial charge in [0.05, 0.1) is 0 Å². The third-order valence-corrected chi connectivity index (χ3v) is 3.86. The summed E-state index contributed by atoms with van der Waals surface area (Å²) in [5.41, 5.74) is 3.39. The Bertz CT molecular complexity index is 739. The van der Waals surface area contributed by atoms with Gasteiger partial charge in [0.25, 0.3) is 0 Å². The zero-order chi connectivity index (χ0) is 18.4. The average Bonchev–Trinajstić information content (AvgIpc) is 2.58. The molecule has 0 aliphatic rings. The molecule has 2 amide bonds. The van der Waals surface area contributed by atoms with E-state index in [9.17, 15) is 9.59 Å². The van der Waals surface area contributed by atoms with E-state index in [1.54, 1.807) is 0 Å². The zero-order valence-corrected chi connectivity index (χ0v) is 15.1. The molecule has 0 bridgehead atoms. The van der Waals surface area contributed by atoms with Gasteiger partial charge >= 0.3 is 0 Å². The minimum absolute atomic E-state index is 0.0216. The number of benzene rings is 2. The van der Waals surface area contributed by atoms with E-state index in [0.29, 0.717) is 0 Å². The first-order chi connectivity index (χ1) is 11.9. The fourth-order valence-electron chi connectivity index (χ4n) is 2.21. The summed E-state index contributed by atoms with van der Waals surface area (Å²) in [7, 11) is 0. The minimum Gasteiger partial charge on any atom is -0.374 e. The Morgan fingerprint density at radius 2 is 1.40 bits per heavy atom. The lowest BCUT2D eigenvalue weighted by molar-refractivity contribution is -0.119. The van der Waals surface area contributed by atoms with Gasteiger partial charge in [-0.25, -0.2) is 0 Å². The predicted octanol–water partition coefficient (Wildman–Crippen LogP) is 4.03. The van der Waals surface area contributed by atoms with Crippen LogP contribution >= 0.6 is 0 Å². The topological polar surface area (TPSA) is 70.2 Å². The van der Waals surface area contributed by atoms with Crippen LogP contribution in [-0.4, -0.2) is 17.9 Å². The number of rotatable bonds is 6. The van der Waals surface area contributed by atoms with E-state index < -0.39 is 6.04 Å². The number of anilines is 3. The molecule has 25 heavy (non-hydrogen) atoms. The van der Waals surface area contributed by atoms with Crippen molar-refractivity contribution in [2.45, 2.75) is 33.7 Å². The van der Waals surface area contributed by atoms with Crippen LogP contribution in [0, 0.1) is 12.8 Å². The summed E-state index contributed by atoms with van der Waals surface area (Å²) < 4.78 is 0. The summed E-state index contributed by atoms with van der Waals surface area (Å²) in [4.78, 5) is 24.0. The third kappa shape index (κ3) is 5.35. The second-order valence-corrected chi connectivity index (χ2v) is 6.39. The van der Waals surface area contributed by atoms with Crippen LogP contribution in [0.2, 0.25) is 0 Å². The van der Waals surface area contributed by atoms with Gasteiger partial charge in [-0.1, -0.05) is 32.0 Å². The van der Waals surface area contributed by atoms with Gasteiger partial charge in [-0.05, 0) is 49.7 Å². The molecule has 0 saturated carbocycles. The van der Waals surface area contributed by atoms with Crippen molar-refractivity contribution in [1.29, 1.82) is 0 Å². The molecule has 2 rings (SSSR count). The van der Waals surface area contributed by atoms with Gasteiger partial charge in [0.1, 0.15) is 6.04 Å². The van der Waals surface area contributed by atoms with Gasteiger partial charge in [-0.3, -0.25) is 9.59 Å². The van der Waals surface area contributed by atoms with Crippen LogP contribution in [-0.2, 0) is 9.59 Å². The average molecular weight is 339 g/mol. The Labute approximate surface area is 148 Å². The molecule has 3 N–H and O–H groups in total. The van der Waals surface area contributed by atoms with Crippen LogP contribution in [0.15, 0.2) is 48.5 Å². The molecule has 0 aliphatic heterocycles. The van der Waals surface area contributed by atoms with Gasteiger partial charge in [0, 0.05) is 23.0 Å². The molecule has 0 heterocycles. The highest BCUT2D eigenvalue weighted by molar-refractivity contribution is 5.97. The molecule has 0 fully saturated rings. The highest BCUT2D eigenvalue weighted by atomic mass is 16.2. The lowest BCUT2D eigenvalue weighted by Gasteiger charge is -2.16. The zero-order valence-electron chi connectivity index (χ0n) is 15.1. The maximum Gasteiger partial charge on any atom is 0.246 e. The van der Waals surface area contributed by atoms with Gasteiger partial charge in [0.2, 0.25) is 11.8 Å². The van der Waals surface area contributed by atoms with E-state index in [4.69, 9.17) is 0 Å². The van der Waals surface area contributed by atoms with Crippen molar-refractivity contribution in [3.8, 4) is 0 Å². The molecular weight excluding hydrogens is 314 g/mol. The fourth-order valence-corrected chi connectivity index (χ4v) is 2.21. The van der Waals surface area contributed by atoms with E-state index in [1.165, 1.54) is 0 Å². The van der Waals surface area contributed by atoms with E-state index in [0.717, 1.165) is 22.6 Å². The normalized spacial score (nSPS) is 11.7. The summed E-state index contributed by atoms with van der Waals surface area (Å²) >= 11 is 0. The second kappa shape index (κ2) is 8.33. The summed E-state index contributed by atoms with van der Waals surface area (Å²) in [5.74, 6) is -0.193. The molecule has 2 aromatic carbocycles. The molecule has 0 spiro atoms. The third-order valence-electron chi connectivity index (χ3n) is 3.86. The van der Waals surface area contributed by atoms with Crippen molar-refractivity contribution in [3.05, 3.63) is 54.1 Å². The van der Waals surface area contributed by atoms with Gasteiger partial charge < -0.3 is 16.0 Å². The van der Waals surface area contributed by atoms with Gasteiger partial charge in [-0.2, -0.15) is 0 Å². The first-order valence-electron chi connectivity index (χ1n) is 8.41. The maximum absolute atomic E-state index is 12.3. The standard InChI is InChI=1S/C20H25N3O2/c1-13(2)19(24)22-17-11-9-16(10-12-17)21-15(4)20(25)23-18-8-6-5-7-14(18)3/h5-13,15,21H,1-4H3,(H,22,24)(H,23,25). The highest BCUT2D eigenvalue weighted by Gasteiger charge is 2.14. The lowest BCUT2D eigenvalue weighted by Crippen LogP contribution is -2.32. The molecule has 2 aromatic rings. The number of hydrogen-bond donors (Lipinski definition) is 3. The van der Waals surface area contributed by atoms with Crippen LogP contribution in [0.5, 0.6) is 0 Å². The maximum atomic E-state index is 12.3. The van der Waals surface area contributed by atoms with Crippen molar-refractivity contribution in [2.75, 3.05) is 16.0 Å². The first-order valence-corrected chi connectivity index (χ1v) is 8.41. The summed E-state index contributed by atoms with van der Waals surface area (Å²) in [5, 5.41) is 8.92. The Balaban J connectivity index is 1.93. The SMILES string of the molecule is Cc1ccccc1NC(=O)C(C)Nc1ccc(NC(=O)C(C)C)cc1. The Hall–Kier alpha value is -2.82. The highest BCUT2D eigenvalue weighted by Crippen LogP contribution is 2.17. The Kier molecular flexibility index (Phi) is 6.17. The molecule has 5 nitrogen and oxygen atoms in total. The van der Waals surface area contributed by atoms with E-state index in [-0.39, 0.29) is 17.7 Å². The molecule has 0 aliphatic carbocycles. The predicted molar refractivity (Wildman–Crippen MR) is 103 cm³/mol. The molecular formula is C20H25N3O2. The first kappa shape index (κ1) is 18.5. The summed E-state index contributed by atoms with van der Waals surface area (Å²) in [6.07, 6.45) is 0. The number of aryl methyl sites for hydroxylation is 1. The summed E-state index contributed by atoms with van der Waals surface area (Å²) in [6, 6.07) is 14.6. The molecule has 0 saturated heterocycles. The molecule has 1 atom stereocenters. The number of nitrogens with one attached hydrogen (secondary N) is 3. The van der Waals surface area contributed by atoms with Crippen LogP contribution in [0.25, 0.3) is 0 Å². The molecule has 0 aromatic heterocycles. The number of hydrogen-bond acceptors (Lipinski definition) is 3. The van der Waals surface area contributed by atoms with Crippen molar-refractivity contribution in [1.82, 2.24) is 0 Å². The molecule has 132 valence electrons. The van der Waals surface area contributed by atoms with E-state index in [1.807, 2.05) is 76.2 Å². The van der Waals surface area contributed by atoms with Crippen molar-refractivity contribution >= 4 is 28.9 Å². The quantitative estimate of drug-likeness (QED) is 0.744. The number of carbonyl (C=O) groups is 2. The van der Waals surface area contributed by atoms with Crippen LogP contribution in [0.1, 0.15) is 26.3 Å². The van der Waals surface area contributed by atoms with Crippen molar-refractivity contribution in [2.24, 2.45) is 5.92 Å². The second-order valence-electron chi connectivity index (χ2n) is 6.39. The van der Waals surface area contributed by atoms with Crippen LogP contribution < -0.4 is 16.0 Å². The number of para-hydroxylation sites is 1. The minimum atomic E-state index is -0.393. The Morgan fingerprint density at radius 1 is 0.800 bits per heavy atom. The van der Waals surface area contributed by atoms with Gasteiger partial charge in [0.15, 0.2) is 0 Å². The van der Waals surface area contributed by atoms with Crippen LogP contribution in [0.3, 0.4) is 0 Å². The smallest absolute Gasteiger partial charge is 0.246 e. The number of amides is 2. The lowest BCUT2D eigenvalue weighted by atomic mass is 10.2. The molecule has 5 heteroatoms. The van der Waals surface area contributed by atoms with Crippen molar-refractivity contribution < 1.29 is 9.59 Å². The van der Waals surface area contributed by atoms with Crippen molar-refractivity contribution in [3.63, 3.8) is 0 Å². The van der Waals surface area contributed by atoms with Crippen LogP contribution in [0.4, 0.5) is 17.1 Å². The largest absolute Gasteiger partial charge is 0.374 e. The summed E-state index contributed by atoms with van der Waals surface area (Å²) in [6.45, 7) is 7.46. The molecule has 1 unspecified atom stereocenters. The molecule has 0 radical (unpaired) electrons. The monoisotopic (exact) mass is 339 g/mol. The van der Waals surface area contributed by atoms with E-state index >= 15 is 0 Å². The fraction of sp³-hybridized carbons (Fsp3) is 0.300. The Morgan fingerprint density at radius 3 is 2.00 bits per heavy atom. The van der Waals surface area contributed by atoms with Gasteiger partial charge in [-0.15, -0.1) is 0 Å². The van der Waals surface area contributed by atoms with E-state index in [2.05, 4.69) is 16.0 Å². The number of carbonyl (C=O) groups excluding carboxylic acids is 2.